The van der Waals surface area contributed by atoms with Crippen LogP contribution in [-0.2, 0) is 4.79 Å². The summed E-state index contributed by atoms with van der Waals surface area (Å²) in [4.78, 5) is 30.4. The molecule has 0 radical (unpaired) electrons. The summed E-state index contributed by atoms with van der Waals surface area (Å²) < 4.78 is 6.59. The number of fused-ring (bicyclic) bond motifs is 1. The zero-order valence-corrected chi connectivity index (χ0v) is 19.4. The van der Waals surface area contributed by atoms with Gasteiger partial charge in [0, 0.05) is 5.56 Å². The van der Waals surface area contributed by atoms with Crippen molar-refractivity contribution in [1.29, 1.82) is 0 Å². The lowest BCUT2D eigenvalue weighted by atomic mass is 10.2. The van der Waals surface area contributed by atoms with Crippen molar-refractivity contribution in [3.05, 3.63) is 88.2 Å². The van der Waals surface area contributed by atoms with Crippen LogP contribution in [0.1, 0.15) is 11.1 Å². The van der Waals surface area contributed by atoms with Crippen LogP contribution in [0.5, 0.6) is 11.5 Å². The van der Waals surface area contributed by atoms with Crippen LogP contribution in [0.3, 0.4) is 0 Å². The lowest BCUT2D eigenvalue weighted by Gasteiger charge is -2.14. The van der Waals surface area contributed by atoms with E-state index in [2.05, 4.69) is 15.5 Å². The third-order valence-electron chi connectivity index (χ3n) is 5.08. The number of phenolic OH excluding ortho intramolecular Hbond substituents is 1. The summed E-state index contributed by atoms with van der Waals surface area (Å²) in [6, 6.07) is 19.6. The molecule has 1 heterocycles. The van der Waals surface area contributed by atoms with Gasteiger partial charge in [-0.3, -0.25) is 14.2 Å². The van der Waals surface area contributed by atoms with Gasteiger partial charge in [0.05, 0.1) is 35.7 Å². The number of methoxy groups -OCH3 is 1. The smallest absolute Gasteiger partial charge is 0.266 e. The van der Waals surface area contributed by atoms with Crippen LogP contribution in [0.25, 0.3) is 16.6 Å². The Kier molecular flexibility index (Phi) is 6.93. The number of nitrogens with one attached hydrogen (secondary N) is 1. The number of hydrogen-bond donors (Lipinski definition) is 2. The van der Waals surface area contributed by atoms with Crippen LogP contribution in [-0.4, -0.2) is 39.6 Å². The fourth-order valence-electron chi connectivity index (χ4n) is 3.38. The Balaban J connectivity index is 1.56. The van der Waals surface area contributed by atoms with Gasteiger partial charge < -0.3 is 9.84 Å². The first-order valence-corrected chi connectivity index (χ1v) is 11.4. The molecule has 0 aliphatic heterocycles. The van der Waals surface area contributed by atoms with Crippen LogP contribution < -0.4 is 15.7 Å². The van der Waals surface area contributed by atoms with Crippen LogP contribution >= 0.6 is 11.8 Å². The Morgan fingerprint density at radius 1 is 1.15 bits per heavy atom. The lowest BCUT2D eigenvalue weighted by molar-refractivity contribution is -0.118. The summed E-state index contributed by atoms with van der Waals surface area (Å²) in [7, 11) is 1.45. The molecule has 9 heteroatoms. The maximum absolute atomic E-state index is 13.3. The van der Waals surface area contributed by atoms with E-state index in [0.717, 1.165) is 17.3 Å². The second kappa shape index (κ2) is 10.2. The number of ether oxygens (including phenoxy) is 1. The predicted octanol–water partition coefficient (Wildman–Crippen LogP) is 3.65. The average Bonchev–Trinajstić information content (AvgIpc) is 2.85. The summed E-state index contributed by atoms with van der Waals surface area (Å²) in [6.45, 7) is 1.92. The molecule has 0 saturated heterocycles. The number of thioether (sulfide) groups is 1. The monoisotopic (exact) mass is 474 g/mol. The van der Waals surface area contributed by atoms with Crippen molar-refractivity contribution in [2.24, 2.45) is 5.10 Å². The number of rotatable bonds is 7. The molecule has 0 saturated carbocycles. The van der Waals surface area contributed by atoms with Gasteiger partial charge in [-0.25, -0.2) is 10.4 Å². The van der Waals surface area contributed by atoms with Gasteiger partial charge in [0.25, 0.3) is 11.5 Å². The van der Waals surface area contributed by atoms with Crippen molar-refractivity contribution in [1.82, 2.24) is 15.0 Å². The van der Waals surface area contributed by atoms with Crippen molar-refractivity contribution in [3.63, 3.8) is 0 Å². The van der Waals surface area contributed by atoms with Gasteiger partial charge in [0.1, 0.15) is 0 Å². The van der Waals surface area contributed by atoms with Gasteiger partial charge in [-0.1, -0.05) is 48.2 Å². The highest BCUT2D eigenvalue weighted by Crippen LogP contribution is 2.28. The number of nitrogens with zero attached hydrogens (tertiary/aromatic N) is 3. The highest BCUT2D eigenvalue weighted by Gasteiger charge is 2.16. The maximum atomic E-state index is 13.3. The molecule has 0 unspecified atom stereocenters. The summed E-state index contributed by atoms with van der Waals surface area (Å²) in [5.74, 6) is -0.164. The number of amides is 1. The largest absolute Gasteiger partial charge is 0.504 e. The third-order valence-corrected chi connectivity index (χ3v) is 6.02. The van der Waals surface area contributed by atoms with E-state index in [0.29, 0.717) is 33.1 Å². The zero-order chi connectivity index (χ0) is 24.1. The number of phenols is 1. The van der Waals surface area contributed by atoms with Crippen LogP contribution in [0, 0.1) is 6.92 Å². The van der Waals surface area contributed by atoms with Crippen molar-refractivity contribution >= 4 is 34.8 Å². The average molecular weight is 475 g/mol. The van der Waals surface area contributed by atoms with Crippen LogP contribution in [0.4, 0.5) is 0 Å². The minimum Gasteiger partial charge on any atom is -0.504 e. The Labute approximate surface area is 199 Å². The fourth-order valence-corrected chi connectivity index (χ4v) is 4.18. The Hall–Kier alpha value is -4.11. The molecule has 8 nitrogen and oxygen atoms in total. The van der Waals surface area contributed by atoms with Crippen molar-refractivity contribution in [2.45, 2.75) is 12.1 Å². The van der Waals surface area contributed by atoms with Gasteiger partial charge in [-0.05, 0) is 42.8 Å². The van der Waals surface area contributed by atoms with Crippen LogP contribution in [0.15, 0.2) is 81.8 Å². The first-order valence-electron chi connectivity index (χ1n) is 10.4. The van der Waals surface area contributed by atoms with Gasteiger partial charge in [-0.15, -0.1) is 0 Å². The maximum Gasteiger partial charge on any atom is 0.266 e. The molecule has 1 aromatic heterocycles. The number of hydrogen-bond acceptors (Lipinski definition) is 7. The molecule has 0 aliphatic rings. The molecule has 4 aromatic rings. The Morgan fingerprint density at radius 3 is 2.71 bits per heavy atom. The van der Waals surface area contributed by atoms with Crippen molar-refractivity contribution in [3.8, 4) is 17.2 Å². The number of carbonyl (C=O) groups is 1. The molecule has 0 fully saturated rings. The molecule has 0 bridgehead atoms. The van der Waals surface area contributed by atoms with Gasteiger partial charge in [0.15, 0.2) is 16.7 Å². The van der Waals surface area contributed by atoms with E-state index in [1.807, 2.05) is 37.3 Å². The molecule has 0 aliphatic carbocycles. The molecule has 34 heavy (non-hydrogen) atoms. The second-order valence-corrected chi connectivity index (χ2v) is 8.26. The predicted molar refractivity (Wildman–Crippen MR) is 133 cm³/mol. The molecule has 3 aromatic carbocycles. The Morgan fingerprint density at radius 2 is 1.91 bits per heavy atom. The summed E-state index contributed by atoms with van der Waals surface area (Å²) >= 11 is 1.14. The standard InChI is InChI=1S/C25H22N4O4S/c1-16-8-3-6-12-20(16)29-24(32)18-10-4-5-11-19(18)27-25(29)34-15-22(30)28-26-14-17-9-7-13-21(33-2)23(17)31/h3-14,31H,15H2,1-2H3,(H,28,30)/b26-14+. The van der Waals surface area contributed by atoms with E-state index in [1.165, 1.54) is 17.9 Å². The van der Waals surface area contributed by atoms with Gasteiger partial charge >= 0.3 is 0 Å². The third kappa shape index (κ3) is 4.79. The number of aromatic hydroxyl groups is 1. The van der Waals surface area contributed by atoms with E-state index < -0.39 is 0 Å². The molecule has 4 rings (SSSR count). The quantitative estimate of drug-likeness (QED) is 0.183. The highest BCUT2D eigenvalue weighted by atomic mass is 32.2. The molecule has 172 valence electrons. The first-order chi connectivity index (χ1) is 16.5. The number of aryl methyl sites for hydroxylation is 1. The zero-order valence-electron chi connectivity index (χ0n) is 18.6. The van der Waals surface area contributed by atoms with E-state index in [9.17, 15) is 14.7 Å². The van der Waals surface area contributed by atoms with Crippen molar-refractivity contribution in [2.75, 3.05) is 12.9 Å². The number of hydrazone groups is 1. The van der Waals surface area contributed by atoms with E-state index in [4.69, 9.17) is 4.74 Å². The summed E-state index contributed by atoms with van der Waals surface area (Å²) in [5, 5.41) is 14.9. The highest BCUT2D eigenvalue weighted by molar-refractivity contribution is 7.99. The van der Waals surface area contributed by atoms with E-state index in [-0.39, 0.29) is 23.0 Å². The summed E-state index contributed by atoms with van der Waals surface area (Å²) in [6.07, 6.45) is 1.33. The number of carbonyl (C=O) groups excluding carboxylic acids is 1. The number of benzene rings is 3. The molecule has 1 amide bonds. The number of para-hydroxylation sites is 3. The molecule has 0 spiro atoms. The molecular formula is C25H22N4O4S. The van der Waals surface area contributed by atoms with E-state index in [1.54, 1.807) is 36.4 Å². The lowest BCUT2D eigenvalue weighted by Crippen LogP contribution is -2.24. The normalized spacial score (nSPS) is 11.1. The molecular weight excluding hydrogens is 452 g/mol. The molecule has 0 atom stereocenters. The fraction of sp³-hybridized carbons (Fsp3) is 0.120. The SMILES string of the molecule is COc1cccc(/C=N/NC(=O)CSc2nc3ccccc3c(=O)n2-c2ccccc2C)c1O. The topological polar surface area (TPSA) is 106 Å². The van der Waals surface area contributed by atoms with Crippen LogP contribution in [0.2, 0.25) is 0 Å². The minimum absolute atomic E-state index is 0.0158. The second-order valence-electron chi connectivity index (χ2n) is 7.32. The summed E-state index contributed by atoms with van der Waals surface area (Å²) in [5.41, 5.74) is 4.81. The van der Waals surface area contributed by atoms with Gasteiger partial charge in [0.2, 0.25) is 0 Å². The number of aromatic nitrogens is 2. The minimum atomic E-state index is -0.387. The first kappa shape index (κ1) is 23.1. The van der Waals surface area contributed by atoms with E-state index >= 15 is 0 Å². The molecule has 2 N–H and O–H groups in total. The Bertz CT molecular complexity index is 1450. The van der Waals surface area contributed by atoms with Crippen molar-refractivity contribution < 1.29 is 14.6 Å². The van der Waals surface area contributed by atoms with Gasteiger partial charge in [-0.2, -0.15) is 5.10 Å².